The van der Waals surface area contributed by atoms with Crippen molar-refractivity contribution in [2.75, 3.05) is 0 Å². The molecule has 4 aromatic rings. The lowest BCUT2D eigenvalue weighted by Crippen LogP contribution is -2.26. The Balaban J connectivity index is 1.50. The van der Waals surface area contributed by atoms with Crippen molar-refractivity contribution in [3.05, 3.63) is 78.1 Å². The zero-order chi connectivity index (χ0) is 18.1. The first-order valence-electron chi connectivity index (χ1n) is 8.08. The Kier molecular flexibility index (Phi) is 3.96. The maximum atomic E-state index is 13.0. The number of nitrogens with one attached hydrogen (secondary N) is 1. The van der Waals surface area contributed by atoms with Crippen LogP contribution in [0.1, 0.15) is 29.2 Å². The summed E-state index contributed by atoms with van der Waals surface area (Å²) in [6.45, 7) is 1.83. The van der Waals surface area contributed by atoms with Gasteiger partial charge in [0.2, 0.25) is 0 Å². The second kappa shape index (κ2) is 6.44. The number of carbonyl (C=O) groups is 1. The molecule has 2 aromatic heterocycles. The molecule has 130 valence electrons. The van der Waals surface area contributed by atoms with Gasteiger partial charge in [-0.2, -0.15) is 0 Å². The average Bonchev–Trinajstić information content (AvgIpc) is 3.29. The third kappa shape index (κ3) is 3.06. The predicted octanol–water partition coefficient (Wildman–Crippen LogP) is 3.64. The van der Waals surface area contributed by atoms with E-state index in [0.717, 1.165) is 11.0 Å². The van der Waals surface area contributed by atoms with Crippen molar-refractivity contribution >= 4 is 16.9 Å². The van der Waals surface area contributed by atoms with Gasteiger partial charge in [0, 0.05) is 5.39 Å². The second-order valence-electron chi connectivity index (χ2n) is 5.91. The van der Waals surface area contributed by atoms with E-state index in [1.165, 1.54) is 23.0 Å². The minimum absolute atomic E-state index is 0.164. The number of hydrogen-bond acceptors (Lipinski definition) is 4. The van der Waals surface area contributed by atoms with Gasteiger partial charge in [-0.15, -0.1) is 5.10 Å². The summed E-state index contributed by atoms with van der Waals surface area (Å²) in [5.74, 6) is -0.0525. The number of benzene rings is 2. The molecule has 2 aromatic carbocycles. The molecule has 0 bridgehead atoms. The number of para-hydroxylation sites is 1. The van der Waals surface area contributed by atoms with E-state index >= 15 is 0 Å². The second-order valence-corrected chi connectivity index (χ2v) is 5.91. The summed E-state index contributed by atoms with van der Waals surface area (Å²) in [7, 11) is 0. The minimum atomic E-state index is -0.369. The number of furan rings is 1. The number of carbonyl (C=O) groups excluding carboxylic acids is 1. The molecule has 1 amide bonds. The summed E-state index contributed by atoms with van der Waals surface area (Å²) >= 11 is 0. The minimum Gasteiger partial charge on any atom is -0.459 e. The SMILES string of the molecule is C[C@@H](NC(=O)c1cn(-c2ccc(F)cc2)nn1)c1cc2ccccc2o1. The fraction of sp³-hybridized carbons (Fsp3) is 0.105. The number of nitrogens with zero attached hydrogens (tertiary/aromatic N) is 3. The van der Waals surface area contributed by atoms with Gasteiger partial charge in [-0.1, -0.05) is 23.4 Å². The summed E-state index contributed by atoms with van der Waals surface area (Å²) < 4.78 is 20.2. The lowest BCUT2D eigenvalue weighted by atomic mass is 10.2. The lowest BCUT2D eigenvalue weighted by Gasteiger charge is -2.09. The van der Waals surface area contributed by atoms with E-state index in [1.807, 2.05) is 37.3 Å². The molecule has 26 heavy (non-hydrogen) atoms. The number of amides is 1. The van der Waals surface area contributed by atoms with E-state index in [9.17, 15) is 9.18 Å². The number of halogens is 1. The molecule has 0 saturated carbocycles. The van der Waals surface area contributed by atoms with Gasteiger partial charge in [-0.3, -0.25) is 4.79 Å². The predicted molar refractivity (Wildman–Crippen MR) is 93.4 cm³/mol. The summed E-state index contributed by atoms with van der Waals surface area (Å²) in [5, 5.41) is 11.6. The number of hydrogen-bond donors (Lipinski definition) is 1. The van der Waals surface area contributed by atoms with Crippen molar-refractivity contribution < 1.29 is 13.6 Å². The Morgan fingerprint density at radius 2 is 1.96 bits per heavy atom. The fourth-order valence-electron chi connectivity index (χ4n) is 2.65. The third-order valence-corrected chi connectivity index (χ3v) is 4.04. The van der Waals surface area contributed by atoms with Crippen LogP contribution in [0.15, 0.2) is 65.2 Å². The van der Waals surface area contributed by atoms with E-state index in [4.69, 9.17) is 4.42 Å². The molecule has 6 nitrogen and oxygen atoms in total. The molecule has 0 fully saturated rings. The molecule has 1 N–H and O–H groups in total. The van der Waals surface area contributed by atoms with Crippen LogP contribution in [0.3, 0.4) is 0 Å². The number of rotatable bonds is 4. The Labute approximate surface area is 148 Å². The van der Waals surface area contributed by atoms with Crippen LogP contribution in [-0.2, 0) is 0 Å². The Morgan fingerprint density at radius 1 is 1.19 bits per heavy atom. The topological polar surface area (TPSA) is 73.0 Å². The molecule has 4 rings (SSSR count). The zero-order valence-corrected chi connectivity index (χ0v) is 13.9. The van der Waals surface area contributed by atoms with E-state index in [-0.39, 0.29) is 23.5 Å². The van der Waals surface area contributed by atoms with Crippen LogP contribution < -0.4 is 5.32 Å². The van der Waals surface area contributed by atoms with Crippen molar-refractivity contribution in [3.63, 3.8) is 0 Å². The van der Waals surface area contributed by atoms with Gasteiger partial charge in [-0.25, -0.2) is 9.07 Å². The van der Waals surface area contributed by atoms with Crippen LogP contribution in [-0.4, -0.2) is 20.9 Å². The van der Waals surface area contributed by atoms with Gasteiger partial charge in [-0.05, 0) is 43.3 Å². The Hall–Kier alpha value is -3.48. The largest absolute Gasteiger partial charge is 0.459 e. The van der Waals surface area contributed by atoms with Gasteiger partial charge < -0.3 is 9.73 Å². The zero-order valence-electron chi connectivity index (χ0n) is 13.9. The molecule has 0 unspecified atom stereocenters. The van der Waals surface area contributed by atoms with Crippen molar-refractivity contribution in [1.82, 2.24) is 20.3 Å². The first-order valence-corrected chi connectivity index (χ1v) is 8.08. The van der Waals surface area contributed by atoms with Crippen molar-refractivity contribution in [1.29, 1.82) is 0 Å². The first kappa shape index (κ1) is 16.0. The highest BCUT2D eigenvalue weighted by molar-refractivity contribution is 5.92. The quantitative estimate of drug-likeness (QED) is 0.610. The molecule has 2 heterocycles. The van der Waals surface area contributed by atoms with Crippen molar-refractivity contribution in [2.24, 2.45) is 0 Å². The highest BCUT2D eigenvalue weighted by atomic mass is 19.1. The van der Waals surface area contributed by atoms with Crippen molar-refractivity contribution in [2.45, 2.75) is 13.0 Å². The maximum absolute atomic E-state index is 13.0. The van der Waals surface area contributed by atoms with Crippen LogP contribution in [0, 0.1) is 5.82 Å². The molecule has 0 aliphatic carbocycles. The van der Waals surface area contributed by atoms with Crippen LogP contribution in [0.4, 0.5) is 4.39 Å². The molecular formula is C19H15FN4O2. The van der Waals surface area contributed by atoms with Crippen LogP contribution >= 0.6 is 0 Å². The Morgan fingerprint density at radius 3 is 2.73 bits per heavy atom. The summed E-state index contributed by atoms with van der Waals surface area (Å²) in [5.41, 5.74) is 1.55. The number of fused-ring (bicyclic) bond motifs is 1. The summed E-state index contributed by atoms with van der Waals surface area (Å²) in [4.78, 5) is 12.4. The average molecular weight is 350 g/mol. The van der Waals surface area contributed by atoms with E-state index in [0.29, 0.717) is 11.4 Å². The summed E-state index contributed by atoms with van der Waals surface area (Å²) in [6.07, 6.45) is 1.49. The van der Waals surface area contributed by atoms with Crippen LogP contribution in [0.5, 0.6) is 0 Å². The first-order chi connectivity index (χ1) is 12.6. The van der Waals surface area contributed by atoms with E-state index < -0.39 is 0 Å². The van der Waals surface area contributed by atoms with Gasteiger partial charge in [0.05, 0.1) is 17.9 Å². The van der Waals surface area contributed by atoms with Gasteiger partial charge in [0.15, 0.2) is 5.69 Å². The van der Waals surface area contributed by atoms with Crippen molar-refractivity contribution in [3.8, 4) is 5.69 Å². The molecule has 7 heteroatoms. The molecule has 0 radical (unpaired) electrons. The molecule has 1 atom stereocenters. The van der Waals surface area contributed by atoms with E-state index in [1.54, 1.807) is 12.1 Å². The van der Waals surface area contributed by atoms with Crippen LogP contribution in [0.2, 0.25) is 0 Å². The lowest BCUT2D eigenvalue weighted by molar-refractivity contribution is 0.0930. The third-order valence-electron chi connectivity index (χ3n) is 4.04. The fourth-order valence-corrected chi connectivity index (χ4v) is 2.65. The normalized spacial score (nSPS) is 12.2. The Bertz CT molecular complexity index is 1040. The monoisotopic (exact) mass is 350 g/mol. The maximum Gasteiger partial charge on any atom is 0.274 e. The number of aromatic nitrogens is 3. The van der Waals surface area contributed by atoms with E-state index in [2.05, 4.69) is 15.6 Å². The smallest absolute Gasteiger partial charge is 0.274 e. The summed E-state index contributed by atoms with van der Waals surface area (Å²) in [6, 6.07) is 15.0. The standard InChI is InChI=1S/C19H15FN4O2/c1-12(18-10-13-4-2-3-5-17(13)26-18)21-19(25)16-11-24(23-22-16)15-8-6-14(20)7-9-15/h2-12H,1H3,(H,21,25)/t12-/m1/s1. The molecule has 0 aliphatic rings. The molecular weight excluding hydrogens is 335 g/mol. The molecule has 0 saturated heterocycles. The molecule has 0 spiro atoms. The van der Waals surface area contributed by atoms with Gasteiger partial charge >= 0.3 is 0 Å². The van der Waals surface area contributed by atoms with Crippen LogP contribution in [0.25, 0.3) is 16.7 Å². The van der Waals surface area contributed by atoms with Gasteiger partial charge in [0.25, 0.3) is 5.91 Å². The highest BCUT2D eigenvalue weighted by Crippen LogP contribution is 2.23. The molecule has 0 aliphatic heterocycles. The van der Waals surface area contributed by atoms with Gasteiger partial charge in [0.1, 0.15) is 17.2 Å². The highest BCUT2D eigenvalue weighted by Gasteiger charge is 2.18.